The van der Waals surface area contributed by atoms with Crippen molar-refractivity contribution >= 4 is 29.9 Å². The van der Waals surface area contributed by atoms with Crippen LogP contribution in [0.4, 0.5) is 0 Å². The molecule has 6 heteroatoms. The summed E-state index contributed by atoms with van der Waals surface area (Å²) in [5.74, 6) is 0.877. The molecule has 2 heterocycles. The predicted octanol–water partition coefficient (Wildman–Crippen LogP) is 2.97. The number of hydrogen-bond donors (Lipinski definition) is 2. The fourth-order valence-corrected chi connectivity index (χ4v) is 3.48. The number of halogens is 1. The van der Waals surface area contributed by atoms with Gasteiger partial charge in [0.1, 0.15) is 0 Å². The van der Waals surface area contributed by atoms with Crippen LogP contribution in [0.2, 0.25) is 0 Å². The van der Waals surface area contributed by atoms with Gasteiger partial charge in [0.2, 0.25) is 0 Å². The highest BCUT2D eigenvalue weighted by Crippen LogP contribution is 2.20. The Kier molecular flexibility index (Phi) is 7.96. The molecule has 0 saturated carbocycles. The number of hydrogen-bond acceptors (Lipinski definition) is 2. The molecule has 0 spiro atoms. The molecule has 142 valence electrons. The molecule has 2 aromatic rings. The molecular weight excluding hydrogens is 437 g/mol. The minimum atomic E-state index is 0. The number of nitrogens with zero attached hydrogens (tertiary/aromatic N) is 3. The van der Waals surface area contributed by atoms with Gasteiger partial charge in [-0.1, -0.05) is 30.3 Å². The van der Waals surface area contributed by atoms with Crippen LogP contribution in [0.3, 0.4) is 0 Å². The highest BCUT2D eigenvalue weighted by molar-refractivity contribution is 14.0. The van der Waals surface area contributed by atoms with Gasteiger partial charge in [-0.3, -0.25) is 9.89 Å². The van der Waals surface area contributed by atoms with Crippen LogP contribution >= 0.6 is 24.0 Å². The number of rotatable bonds is 5. The topological polar surface area (TPSA) is 44.6 Å². The van der Waals surface area contributed by atoms with E-state index in [-0.39, 0.29) is 24.0 Å². The first-order chi connectivity index (χ1) is 12.1. The fraction of sp³-hybridized carbons (Fsp3) is 0.450. The average molecular weight is 467 g/mol. The lowest BCUT2D eigenvalue weighted by Gasteiger charge is -2.21. The molecule has 2 N–H and O–H groups in total. The number of aryl methyl sites for hydroxylation is 1. The van der Waals surface area contributed by atoms with Crippen molar-refractivity contribution in [1.82, 2.24) is 20.1 Å². The molecule has 1 saturated heterocycles. The number of aromatic nitrogens is 1. The quantitative estimate of drug-likeness (QED) is 0.404. The van der Waals surface area contributed by atoms with Gasteiger partial charge in [0.05, 0.1) is 0 Å². The third-order valence-corrected chi connectivity index (χ3v) is 4.85. The van der Waals surface area contributed by atoms with Crippen LogP contribution in [0.5, 0.6) is 0 Å². The predicted molar refractivity (Wildman–Crippen MR) is 119 cm³/mol. The SMILES string of the molecule is CN=C(NCc1ccn(C)c1)NC1CC(C)N(Cc2ccccc2)C1.I. The Morgan fingerprint density at radius 1 is 1.19 bits per heavy atom. The fourth-order valence-electron chi connectivity index (χ4n) is 3.48. The molecule has 26 heavy (non-hydrogen) atoms. The lowest BCUT2D eigenvalue weighted by Crippen LogP contribution is -2.44. The van der Waals surface area contributed by atoms with Gasteiger partial charge in [0.15, 0.2) is 5.96 Å². The Labute approximate surface area is 173 Å². The Hall–Kier alpha value is -1.54. The van der Waals surface area contributed by atoms with Crippen LogP contribution in [-0.4, -0.2) is 41.1 Å². The maximum Gasteiger partial charge on any atom is 0.191 e. The van der Waals surface area contributed by atoms with Gasteiger partial charge < -0.3 is 15.2 Å². The Balaban J connectivity index is 0.00000243. The van der Waals surface area contributed by atoms with E-state index >= 15 is 0 Å². The molecular formula is C20H30IN5. The van der Waals surface area contributed by atoms with E-state index in [0.717, 1.165) is 32.0 Å². The number of aliphatic imine (C=N–C) groups is 1. The highest BCUT2D eigenvalue weighted by Gasteiger charge is 2.29. The van der Waals surface area contributed by atoms with Crippen molar-refractivity contribution in [3.8, 4) is 0 Å². The zero-order valence-corrected chi connectivity index (χ0v) is 18.2. The summed E-state index contributed by atoms with van der Waals surface area (Å²) in [6.07, 6.45) is 5.33. The molecule has 1 aromatic carbocycles. The summed E-state index contributed by atoms with van der Waals surface area (Å²) in [6, 6.07) is 13.8. The first-order valence-corrected chi connectivity index (χ1v) is 9.00. The van der Waals surface area contributed by atoms with E-state index in [2.05, 4.69) is 80.8 Å². The molecule has 1 aliphatic rings. The Bertz CT molecular complexity index is 697. The molecule has 2 atom stereocenters. The zero-order valence-electron chi connectivity index (χ0n) is 15.9. The van der Waals surface area contributed by atoms with E-state index in [1.54, 1.807) is 0 Å². The Morgan fingerprint density at radius 2 is 1.96 bits per heavy atom. The standard InChI is InChI=1S/C20H29N5.HI/c1-16-11-19(15-25(16)14-17-7-5-4-6-8-17)23-20(21-2)22-12-18-9-10-24(3)13-18;/h4-10,13,16,19H,11-12,14-15H2,1-3H3,(H2,21,22,23);1H. The van der Waals surface area contributed by atoms with E-state index in [1.807, 2.05) is 14.1 Å². The number of likely N-dealkylation sites (tertiary alicyclic amines) is 1. The average Bonchev–Trinajstić information content (AvgIpc) is 3.18. The summed E-state index contributed by atoms with van der Waals surface area (Å²) >= 11 is 0. The third-order valence-electron chi connectivity index (χ3n) is 4.85. The first kappa shape index (κ1) is 20.8. The maximum absolute atomic E-state index is 4.38. The van der Waals surface area contributed by atoms with Gasteiger partial charge in [0, 0.05) is 58.2 Å². The van der Waals surface area contributed by atoms with E-state index < -0.39 is 0 Å². The van der Waals surface area contributed by atoms with Gasteiger partial charge in [-0.05, 0) is 30.5 Å². The normalized spacial score (nSPS) is 20.7. The monoisotopic (exact) mass is 467 g/mol. The molecule has 1 fully saturated rings. The largest absolute Gasteiger partial charge is 0.357 e. The van der Waals surface area contributed by atoms with Crippen molar-refractivity contribution in [2.24, 2.45) is 12.0 Å². The summed E-state index contributed by atoms with van der Waals surface area (Å²) in [7, 11) is 3.87. The van der Waals surface area contributed by atoms with Crippen LogP contribution in [0.1, 0.15) is 24.5 Å². The molecule has 3 rings (SSSR count). The van der Waals surface area contributed by atoms with Crippen LogP contribution in [0.25, 0.3) is 0 Å². The van der Waals surface area contributed by atoms with Gasteiger partial charge >= 0.3 is 0 Å². The van der Waals surface area contributed by atoms with Crippen LogP contribution in [0, 0.1) is 0 Å². The van der Waals surface area contributed by atoms with Crippen LogP contribution in [-0.2, 0) is 20.1 Å². The van der Waals surface area contributed by atoms with Crippen molar-refractivity contribution in [1.29, 1.82) is 0 Å². The van der Waals surface area contributed by atoms with E-state index in [0.29, 0.717) is 12.1 Å². The first-order valence-electron chi connectivity index (χ1n) is 9.00. The van der Waals surface area contributed by atoms with Crippen molar-refractivity contribution in [2.45, 2.75) is 38.5 Å². The Morgan fingerprint density at radius 3 is 2.62 bits per heavy atom. The number of nitrogens with one attached hydrogen (secondary N) is 2. The van der Waals surface area contributed by atoms with Gasteiger partial charge in [-0.15, -0.1) is 24.0 Å². The van der Waals surface area contributed by atoms with E-state index in [4.69, 9.17) is 0 Å². The summed E-state index contributed by atoms with van der Waals surface area (Å²) in [5.41, 5.74) is 2.64. The van der Waals surface area contributed by atoms with Gasteiger partial charge in [0.25, 0.3) is 0 Å². The van der Waals surface area contributed by atoms with Gasteiger partial charge in [-0.2, -0.15) is 0 Å². The number of guanidine groups is 1. The van der Waals surface area contributed by atoms with Gasteiger partial charge in [-0.25, -0.2) is 0 Å². The lowest BCUT2D eigenvalue weighted by atomic mass is 10.2. The van der Waals surface area contributed by atoms with E-state index in [1.165, 1.54) is 11.1 Å². The molecule has 0 amide bonds. The molecule has 1 aliphatic heterocycles. The lowest BCUT2D eigenvalue weighted by molar-refractivity contribution is 0.258. The number of benzene rings is 1. The summed E-state index contributed by atoms with van der Waals surface area (Å²) in [6.45, 7) is 5.15. The molecule has 0 radical (unpaired) electrons. The highest BCUT2D eigenvalue weighted by atomic mass is 127. The second kappa shape index (κ2) is 9.97. The molecule has 0 aliphatic carbocycles. The molecule has 5 nitrogen and oxygen atoms in total. The summed E-state index contributed by atoms with van der Waals surface area (Å²) < 4.78 is 2.06. The summed E-state index contributed by atoms with van der Waals surface area (Å²) in [4.78, 5) is 6.92. The minimum absolute atomic E-state index is 0. The van der Waals surface area contributed by atoms with Crippen molar-refractivity contribution in [3.63, 3.8) is 0 Å². The minimum Gasteiger partial charge on any atom is -0.357 e. The van der Waals surface area contributed by atoms with E-state index in [9.17, 15) is 0 Å². The van der Waals surface area contributed by atoms with Crippen LogP contribution < -0.4 is 10.6 Å². The van der Waals surface area contributed by atoms with Crippen LogP contribution in [0.15, 0.2) is 53.8 Å². The smallest absolute Gasteiger partial charge is 0.191 e. The molecule has 0 bridgehead atoms. The van der Waals surface area contributed by atoms with Crippen molar-refractivity contribution in [3.05, 3.63) is 59.9 Å². The summed E-state index contributed by atoms with van der Waals surface area (Å²) in [5, 5.41) is 6.99. The van der Waals surface area contributed by atoms with Crippen molar-refractivity contribution < 1.29 is 0 Å². The van der Waals surface area contributed by atoms with Crippen molar-refractivity contribution in [2.75, 3.05) is 13.6 Å². The maximum atomic E-state index is 4.38. The molecule has 1 aromatic heterocycles. The second-order valence-electron chi connectivity index (χ2n) is 6.95. The zero-order chi connectivity index (χ0) is 17.6. The third kappa shape index (κ3) is 5.74. The second-order valence-corrected chi connectivity index (χ2v) is 6.95. The molecule has 2 unspecified atom stereocenters.